The molecule has 0 aliphatic rings. The number of benzene rings is 3. The molecule has 0 saturated carbocycles. The number of carbonyl (C=O) groups excluding carboxylic acids is 1. The summed E-state index contributed by atoms with van der Waals surface area (Å²) in [6.45, 7) is 6.26. The molecule has 1 aromatic heterocycles. The fourth-order valence-corrected chi connectivity index (χ4v) is 3.01. The summed E-state index contributed by atoms with van der Waals surface area (Å²) in [5, 5.41) is 4.46. The van der Waals surface area contributed by atoms with E-state index in [1.54, 1.807) is 6.33 Å². The molecule has 3 aromatic carbocycles. The first-order chi connectivity index (χ1) is 15.7. The van der Waals surface area contributed by atoms with Crippen LogP contribution in [0.25, 0.3) is 10.9 Å². The van der Waals surface area contributed by atoms with Crippen LogP contribution in [-0.2, 0) is 4.79 Å². The number of hydrogen-bond donors (Lipinski definition) is 1. The first-order valence-corrected chi connectivity index (χ1v) is 10.0. The summed E-state index contributed by atoms with van der Waals surface area (Å²) in [4.78, 5) is 17.5. The van der Waals surface area contributed by atoms with E-state index in [2.05, 4.69) is 48.2 Å². The second-order valence-corrected chi connectivity index (χ2v) is 7.35. The summed E-state index contributed by atoms with van der Waals surface area (Å²) in [6, 6.07) is 20.0. The highest BCUT2D eigenvalue weighted by molar-refractivity contribution is 5.91. The van der Waals surface area contributed by atoms with E-state index < -0.39 is 12.5 Å². The van der Waals surface area contributed by atoms with Gasteiger partial charge in [0.2, 0.25) is 6.29 Å². The zero-order valence-electron chi connectivity index (χ0n) is 18.3. The number of halogens is 3. The maximum absolute atomic E-state index is 10.4. The molecule has 1 N–H and O–H groups in total. The van der Waals surface area contributed by atoms with Crippen LogP contribution in [0.1, 0.15) is 16.7 Å². The maximum atomic E-state index is 10.4. The fourth-order valence-electron chi connectivity index (χ4n) is 3.01. The van der Waals surface area contributed by atoms with E-state index >= 15 is 0 Å². The van der Waals surface area contributed by atoms with E-state index in [-0.39, 0.29) is 0 Å². The van der Waals surface area contributed by atoms with Crippen LogP contribution >= 0.6 is 0 Å². The third kappa shape index (κ3) is 6.52. The quantitative estimate of drug-likeness (QED) is 0.343. The molecule has 0 unspecified atom stereocenters. The lowest BCUT2D eigenvalue weighted by Gasteiger charge is -2.13. The molecule has 0 fully saturated rings. The molecular formula is C25H22F3N3O2. The third-order valence-corrected chi connectivity index (χ3v) is 4.81. The molecule has 4 rings (SSSR count). The number of fused-ring (bicyclic) bond motifs is 1. The molecule has 0 aliphatic carbocycles. The second kappa shape index (κ2) is 10.1. The van der Waals surface area contributed by atoms with Crippen molar-refractivity contribution in [1.82, 2.24) is 9.97 Å². The van der Waals surface area contributed by atoms with Gasteiger partial charge in [0.05, 0.1) is 5.52 Å². The minimum absolute atomic E-state index is 0.808. The van der Waals surface area contributed by atoms with Crippen molar-refractivity contribution in [2.24, 2.45) is 0 Å². The van der Waals surface area contributed by atoms with Gasteiger partial charge in [-0.15, -0.1) is 0 Å². The molecule has 33 heavy (non-hydrogen) atoms. The van der Waals surface area contributed by atoms with Gasteiger partial charge in [-0.3, -0.25) is 4.79 Å². The van der Waals surface area contributed by atoms with Crippen LogP contribution in [-0.4, -0.2) is 22.4 Å². The van der Waals surface area contributed by atoms with Crippen molar-refractivity contribution < 1.29 is 22.7 Å². The highest BCUT2D eigenvalue weighted by Crippen LogP contribution is 2.30. The number of alkyl halides is 3. The number of carbonyl (C=O) groups is 1. The van der Waals surface area contributed by atoms with E-state index in [1.807, 2.05) is 48.5 Å². The van der Waals surface area contributed by atoms with Gasteiger partial charge in [0.15, 0.2) is 0 Å². The van der Waals surface area contributed by atoms with Crippen LogP contribution in [0.2, 0.25) is 0 Å². The van der Waals surface area contributed by atoms with Crippen molar-refractivity contribution in [3.05, 3.63) is 83.7 Å². The number of anilines is 2. The predicted octanol–water partition coefficient (Wildman–Crippen LogP) is 6.84. The van der Waals surface area contributed by atoms with Gasteiger partial charge in [0.25, 0.3) is 0 Å². The molecule has 5 nitrogen and oxygen atoms in total. The van der Waals surface area contributed by atoms with Crippen molar-refractivity contribution in [2.75, 3.05) is 5.32 Å². The summed E-state index contributed by atoms with van der Waals surface area (Å²) in [5.74, 6) is 2.44. The minimum Gasteiger partial charge on any atom is -0.457 e. The highest BCUT2D eigenvalue weighted by Gasteiger charge is 2.24. The normalized spacial score (nSPS) is 10.8. The molecule has 0 spiro atoms. The monoisotopic (exact) mass is 453 g/mol. The largest absolute Gasteiger partial charge is 0.457 e. The average molecular weight is 453 g/mol. The van der Waals surface area contributed by atoms with Crippen LogP contribution in [0.4, 0.5) is 24.7 Å². The van der Waals surface area contributed by atoms with Gasteiger partial charge in [0.1, 0.15) is 23.6 Å². The first-order valence-electron chi connectivity index (χ1n) is 10.0. The lowest BCUT2D eigenvalue weighted by molar-refractivity contribution is -0.156. The number of rotatable bonds is 4. The van der Waals surface area contributed by atoms with E-state index in [0.29, 0.717) is 0 Å². The Labute approximate surface area is 189 Å². The summed E-state index contributed by atoms with van der Waals surface area (Å²) >= 11 is 0. The van der Waals surface area contributed by atoms with Gasteiger partial charge in [-0.1, -0.05) is 18.2 Å². The first kappa shape index (κ1) is 23.7. The summed E-state index contributed by atoms with van der Waals surface area (Å²) in [5.41, 5.74) is 5.47. The molecule has 170 valence electrons. The second-order valence-electron chi connectivity index (χ2n) is 7.35. The zero-order valence-corrected chi connectivity index (χ0v) is 18.3. The van der Waals surface area contributed by atoms with Crippen LogP contribution in [0.15, 0.2) is 67.0 Å². The smallest absolute Gasteiger partial charge is 0.446 e. The zero-order chi connectivity index (χ0) is 24.0. The van der Waals surface area contributed by atoms with Crippen molar-refractivity contribution in [2.45, 2.75) is 26.9 Å². The minimum atomic E-state index is -4.64. The highest BCUT2D eigenvalue weighted by atomic mass is 19.4. The predicted molar refractivity (Wildman–Crippen MR) is 122 cm³/mol. The van der Waals surface area contributed by atoms with Crippen LogP contribution < -0.4 is 10.1 Å². The molecular weight excluding hydrogens is 431 g/mol. The number of nitrogens with zero attached hydrogens (tertiary/aromatic N) is 2. The molecule has 0 saturated heterocycles. The Bertz CT molecular complexity index is 1260. The molecule has 8 heteroatoms. The molecule has 0 bridgehead atoms. The van der Waals surface area contributed by atoms with Gasteiger partial charge in [-0.2, -0.15) is 13.2 Å². The average Bonchev–Trinajstić information content (AvgIpc) is 2.77. The Hall–Kier alpha value is -3.94. The number of nitrogens with one attached hydrogen (secondary N) is 1. The van der Waals surface area contributed by atoms with Gasteiger partial charge in [-0.05, 0) is 79.9 Å². The van der Waals surface area contributed by atoms with Gasteiger partial charge in [-0.25, -0.2) is 9.97 Å². The lowest BCUT2D eigenvalue weighted by Crippen LogP contribution is -2.07. The summed E-state index contributed by atoms with van der Waals surface area (Å²) < 4.78 is 37.2. The van der Waals surface area contributed by atoms with Crippen molar-refractivity contribution >= 4 is 28.7 Å². The molecule has 4 aromatic rings. The van der Waals surface area contributed by atoms with E-state index in [1.165, 1.54) is 11.1 Å². The van der Waals surface area contributed by atoms with Crippen LogP contribution in [0, 0.1) is 20.8 Å². The number of hydrogen-bond acceptors (Lipinski definition) is 5. The SMILES string of the molecule is Cc1cc2ncnc(Nc3ccc(Oc4ccccc4)cc3C)c2cc1C.O=CC(F)(F)F. The van der Waals surface area contributed by atoms with Gasteiger partial charge >= 0.3 is 6.18 Å². The van der Waals surface area contributed by atoms with Gasteiger partial charge < -0.3 is 10.1 Å². The van der Waals surface area contributed by atoms with Crippen molar-refractivity contribution in [3.63, 3.8) is 0 Å². The van der Waals surface area contributed by atoms with Crippen LogP contribution in [0.5, 0.6) is 11.5 Å². The number of aldehydes is 1. The van der Waals surface area contributed by atoms with E-state index in [9.17, 15) is 13.2 Å². The van der Waals surface area contributed by atoms with Gasteiger partial charge in [0, 0.05) is 11.1 Å². The molecule has 0 amide bonds. The van der Waals surface area contributed by atoms with Crippen LogP contribution in [0.3, 0.4) is 0 Å². The molecule has 0 aliphatic heterocycles. The number of ether oxygens (including phenoxy) is 1. The third-order valence-electron chi connectivity index (χ3n) is 4.81. The molecule has 0 radical (unpaired) electrons. The molecule has 0 atom stereocenters. The standard InChI is InChI=1S/C23H21N3O.C2HF3O/c1-15-12-20-22(13-16(15)2)24-14-25-23(20)26-21-10-9-19(11-17(21)3)27-18-7-5-4-6-8-18;3-2(4,5)1-6/h4-14H,1-3H3,(H,24,25,26);1H. The number of aryl methyl sites for hydroxylation is 3. The van der Waals surface area contributed by atoms with Crippen molar-refractivity contribution in [3.8, 4) is 11.5 Å². The van der Waals surface area contributed by atoms with Crippen molar-refractivity contribution in [1.29, 1.82) is 0 Å². The Morgan fingerprint density at radius 3 is 2.15 bits per heavy atom. The van der Waals surface area contributed by atoms with E-state index in [4.69, 9.17) is 9.53 Å². The topological polar surface area (TPSA) is 64.1 Å². The number of aromatic nitrogens is 2. The molecule has 1 heterocycles. The summed E-state index contributed by atoms with van der Waals surface area (Å²) in [7, 11) is 0. The fraction of sp³-hybridized carbons (Fsp3) is 0.160. The Balaban J connectivity index is 0.000000454. The number of para-hydroxylation sites is 1. The summed E-state index contributed by atoms with van der Waals surface area (Å²) in [6.07, 6.45) is -4.10. The van der Waals surface area contributed by atoms with E-state index in [0.717, 1.165) is 39.5 Å². The Morgan fingerprint density at radius 1 is 0.848 bits per heavy atom. The lowest BCUT2D eigenvalue weighted by atomic mass is 10.1. The Morgan fingerprint density at radius 2 is 1.52 bits per heavy atom. The maximum Gasteiger partial charge on any atom is 0.446 e. The Kier molecular flexibility index (Phi) is 7.27.